The summed E-state index contributed by atoms with van der Waals surface area (Å²) in [5.41, 5.74) is 11.0. The number of ether oxygens (including phenoxy) is 1. The van der Waals surface area contributed by atoms with Crippen LogP contribution in [0.25, 0.3) is 11.3 Å². The molecule has 120 valence electrons. The molecule has 6 nitrogen and oxygen atoms in total. The molecule has 0 atom stereocenters. The summed E-state index contributed by atoms with van der Waals surface area (Å²) in [5, 5.41) is 9.08. The van der Waals surface area contributed by atoms with Crippen LogP contribution in [0.15, 0.2) is 24.3 Å². The number of halogens is 4. The monoisotopic (exact) mass is 327 g/mol. The smallest absolute Gasteiger partial charge is 0.428 e. The van der Waals surface area contributed by atoms with Crippen LogP contribution in [0.1, 0.15) is 5.56 Å². The lowest BCUT2D eigenvalue weighted by atomic mass is 10.1. The highest BCUT2D eigenvalue weighted by molar-refractivity contribution is 5.73. The zero-order valence-corrected chi connectivity index (χ0v) is 11.3. The first-order valence-corrected chi connectivity index (χ1v) is 6.03. The van der Waals surface area contributed by atoms with Gasteiger partial charge < -0.3 is 16.2 Å². The van der Waals surface area contributed by atoms with E-state index in [4.69, 9.17) is 16.7 Å². The van der Waals surface area contributed by atoms with Gasteiger partial charge in [-0.15, -0.1) is 0 Å². The summed E-state index contributed by atoms with van der Waals surface area (Å²) in [7, 11) is 0. The minimum absolute atomic E-state index is 0.0247. The van der Waals surface area contributed by atoms with Crippen molar-refractivity contribution in [2.45, 2.75) is 12.5 Å². The van der Waals surface area contributed by atoms with E-state index in [1.54, 1.807) is 6.07 Å². The normalized spacial score (nSPS) is 11.3. The van der Waals surface area contributed by atoms with Crippen molar-refractivity contribution in [1.82, 2.24) is 9.97 Å². The topological polar surface area (TPSA) is 111 Å². The van der Waals surface area contributed by atoms with Crippen molar-refractivity contribution in [3.8, 4) is 23.1 Å². The third-order valence-electron chi connectivity index (χ3n) is 2.68. The van der Waals surface area contributed by atoms with Crippen LogP contribution in [0.4, 0.5) is 29.3 Å². The van der Waals surface area contributed by atoms with Gasteiger partial charge in [-0.05, 0) is 12.1 Å². The van der Waals surface area contributed by atoms with Crippen molar-refractivity contribution < 1.29 is 22.3 Å². The minimum atomic E-state index is -4.65. The van der Waals surface area contributed by atoms with Gasteiger partial charge in [-0.25, -0.2) is 4.98 Å². The summed E-state index contributed by atoms with van der Waals surface area (Å²) < 4.78 is 54.2. The van der Waals surface area contributed by atoms with Crippen molar-refractivity contribution in [1.29, 1.82) is 5.26 Å². The number of anilines is 2. The van der Waals surface area contributed by atoms with Crippen LogP contribution in [0, 0.1) is 11.3 Å². The summed E-state index contributed by atoms with van der Waals surface area (Å²) in [6.07, 6.45) is -8.65. The molecule has 4 N–H and O–H groups in total. The first-order valence-electron chi connectivity index (χ1n) is 6.03. The largest absolute Gasteiger partial charge is 0.461 e. The van der Waals surface area contributed by atoms with Gasteiger partial charge >= 0.3 is 12.5 Å². The molecule has 0 spiro atoms. The molecule has 2 aromatic rings. The number of nitrogen functional groups attached to an aromatic ring is 2. The summed E-state index contributed by atoms with van der Waals surface area (Å²) in [5.74, 6) is -0.965. The maximum atomic E-state index is 12.9. The Bertz CT molecular complexity index is 775. The number of alkyl halides is 4. The van der Waals surface area contributed by atoms with E-state index >= 15 is 0 Å². The second kappa shape index (κ2) is 5.96. The second-order valence-electron chi connectivity index (χ2n) is 4.29. The molecule has 0 aliphatic carbocycles. The molecule has 10 heteroatoms. The Morgan fingerprint density at radius 2 is 1.91 bits per heavy atom. The SMILES string of the molecule is N#Cc1c(N)nc(N)nc1-c1cccc(OC(F)(F)C(F)F)c1. The number of nitrogens with zero attached hydrogens (tertiary/aromatic N) is 3. The molecule has 0 saturated heterocycles. The van der Waals surface area contributed by atoms with Gasteiger partial charge in [0.1, 0.15) is 23.2 Å². The van der Waals surface area contributed by atoms with E-state index in [-0.39, 0.29) is 28.6 Å². The highest BCUT2D eigenvalue weighted by atomic mass is 19.3. The predicted molar refractivity (Wildman–Crippen MR) is 72.6 cm³/mol. The minimum Gasteiger partial charge on any atom is -0.428 e. The summed E-state index contributed by atoms with van der Waals surface area (Å²) in [6, 6.07) is 6.49. The van der Waals surface area contributed by atoms with Crippen molar-refractivity contribution >= 4 is 11.8 Å². The number of rotatable bonds is 4. The zero-order chi connectivity index (χ0) is 17.2. The molecule has 0 radical (unpaired) electrons. The van der Waals surface area contributed by atoms with E-state index in [9.17, 15) is 17.6 Å². The van der Waals surface area contributed by atoms with Crippen LogP contribution in [0.2, 0.25) is 0 Å². The quantitative estimate of drug-likeness (QED) is 0.834. The van der Waals surface area contributed by atoms with Crippen LogP contribution < -0.4 is 16.2 Å². The molecule has 0 aliphatic rings. The maximum absolute atomic E-state index is 12.9. The molecule has 1 aromatic heterocycles. The molecular formula is C13H9F4N5O. The standard InChI is InChI=1S/C13H9F4N5O/c14-11(15)13(16,17)23-7-3-1-2-6(4-7)9-8(5-18)10(19)22-12(20)21-9/h1-4,11H,(H4,19,20,21,22). The van der Waals surface area contributed by atoms with Crippen LogP contribution in [-0.2, 0) is 0 Å². The van der Waals surface area contributed by atoms with E-state index in [0.29, 0.717) is 0 Å². The average molecular weight is 327 g/mol. The lowest BCUT2D eigenvalue weighted by Crippen LogP contribution is -2.33. The zero-order valence-electron chi connectivity index (χ0n) is 11.3. The van der Waals surface area contributed by atoms with E-state index < -0.39 is 18.3 Å². The fourth-order valence-electron chi connectivity index (χ4n) is 1.72. The van der Waals surface area contributed by atoms with Crippen LogP contribution in [0.5, 0.6) is 5.75 Å². The van der Waals surface area contributed by atoms with E-state index in [1.165, 1.54) is 12.1 Å². The first-order chi connectivity index (χ1) is 10.7. The summed E-state index contributed by atoms with van der Waals surface area (Å²) in [4.78, 5) is 7.43. The van der Waals surface area contributed by atoms with Crippen LogP contribution >= 0.6 is 0 Å². The molecule has 0 amide bonds. The first kappa shape index (κ1) is 16.3. The lowest BCUT2D eigenvalue weighted by Gasteiger charge is -2.17. The van der Waals surface area contributed by atoms with Gasteiger partial charge in [-0.1, -0.05) is 12.1 Å². The molecule has 0 unspecified atom stereocenters. The third-order valence-corrected chi connectivity index (χ3v) is 2.68. The lowest BCUT2D eigenvalue weighted by molar-refractivity contribution is -0.253. The van der Waals surface area contributed by atoms with Crippen molar-refractivity contribution in [3.63, 3.8) is 0 Å². The van der Waals surface area contributed by atoms with Crippen molar-refractivity contribution in [2.24, 2.45) is 0 Å². The van der Waals surface area contributed by atoms with Gasteiger partial charge in [0.25, 0.3) is 0 Å². The molecule has 2 rings (SSSR count). The fraction of sp³-hybridized carbons (Fsp3) is 0.154. The Kier molecular flexibility index (Phi) is 4.22. The highest BCUT2D eigenvalue weighted by Gasteiger charge is 2.44. The van der Waals surface area contributed by atoms with Crippen molar-refractivity contribution in [2.75, 3.05) is 11.5 Å². The van der Waals surface area contributed by atoms with Gasteiger partial charge in [-0.2, -0.15) is 27.8 Å². The van der Waals surface area contributed by atoms with Gasteiger partial charge in [0.05, 0.1) is 5.69 Å². The molecule has 1 aromatic carbocycles. The predicted octanol–water partition coefficient (Wildman–Crippen LogP) is 2.42. The fourth-order valence-corrected chi connectivity index (χ4v) is 1.72. The maximum Gasteiger partial charge on any atom is 0.461 e. The van der Waals surface area contributed by atoms with Gasteiger partial charge in [0.15, 0.2) is 0 Å². The molecular weight excluding hydrogens is 318 g/mol. The molecule has 0 saturated carbocycles. The molecule has 0 bridgehead atoms. The number of nitriles is 1. The number of aromatic nitrogens is 2. The van der Waals surface area contributed by atoms with Crippen LogP contribution in [-0.4, -0.2) is 22.5 Å². The van der Waals surface area contributed by atoms with E-state index in [2.05, 4.69) is 14.7 Å². The number of benzene rings is 1. The Morgan fingerprint density at radius 1 is 1.22 bits per heavy atom. The number of hydrogen-bond acceptors (Lipinski definition) is 6. The van der Waals surface area contributed by atoms with E-state index in [0.717, 1.165) is 12.1 Å². The molecule has 0 fully saturated rings. The Labute approximate surface area is 127 Å². The second-order valence-corrected chi connectivity index (χ2v) is 4.29. The third kappa shape index (κ3) is 3.39. The van der Waals surface area contributed by atoms with Crippen LogP contribution in [0.3, 0.4) is 0 Å². The van der Waals surface area contributed by atoms with E-state index in [1.807, 2.05) is 0 Å². The summed E-state index contributed by atoms with van der Waals surface area (Å²) >= 11 is 0. The Balaban J connectivity index is 2.48. The Morgan fingerprint density at radius 3 is 2.52 bits per heavy atom. The Hall–Kier alpha value is -3.09. The molecule has 0 aliphatic heterocycles. The molecule has 23 heavy (non-hydrogen) atoms. The average Bonchev–Trinajstić information content (AvgIpc) is 2.46. The van der Waals surface area contributed by atoms with Gasteiger partial charge in [-0.3, -0.25) is 0 Å². The van der Waals surface area contributed by atoms with Gasteiger partial charge in [0.2, 0.25) is 5.95 Å². The number of nitrogens with two attached hydrogens (primary N) is 2. The number of hydrogen-bond donors (Lipinski definition) is 2. The van der Waals surface area contributed by atoms with Crippen molar-refractivity contribution in [3.05, 3.63) is 29.8 Å². The highest BCUT2D eigenvalue weighted by Crippen LogP contribution is 2.31. The van der Waals surface area contributed by atoms with Gasteiger partial charge in [0, 0.05) is 5.56 Å². The molecule has 1 heterocycles. The summed E-state index contributed by atoms with van der Waals surface area (Å²) in [6.45, 7) is 0.